The Morgan fingerprint density at radius 2 is 1.75 bits per heavy atom. The molecule has 1 aliphatic heterocycles. The van der Waals surface area contributed by atoms with Gasteiger partial charge in [0, 0.05) is 48.7 Å². The van der Waals surface area contributed by atoms with Crippen molar-refractivity contribution in [3.63, 3.8) is 0 Å². The molecule has 1 atom stereocenters. The van der Waals surface area contributed by atoms with E-state index in [0.717, 1.165) is 37.0 Å². The lowest BCUT2D eigenvalue weighted by molar-refractivity contribution is -0.137. The fourth-order valence-electron chi connectivity index (χ4n) is 5.20. The predicted molar refractivity (Wildman–Crippen MR) is 155 cm³/mol. The van der Waals surface area contributed by atoms with E-state index in [9.17, 15) is 22.8 Å². The van der Waals surface area contributed by atoms with Gasteiger partial charge in [0.2, 0.25) is 0 Å². The normalized spacial score (nSPS) is 15.7. The Morgan fingerprint density at radius 3 is 2.50 bits per heavy atom. The highest BCUT2D eigenvalue weighted by atomic mass is 19.4. The van der Waals surface area contributed by atoms with Crippen LogP contribution in [0.3, 0.4) is 0 Å². The van der Waals surface area contributed by atoms with Crippen molar-refractivity contribution in [2.24, 2.45) is 0 Å². The van der Waals surface area contributed by atoms with Crippen LogP contribution in [0.15, 0.2) is 85.3 Å². The van der Waals surface area contributed by atoms with Gasteiger partial charge in [-0.05, 0) is 49.2 Å². The zero-order chi connectivity index (χ0) is 30.8. The molecule has 3 N–H and O–H groups in total. The SMILES string of the molecule is Nc1nccn2c([C@@H]3CCCN(OC(=O)c4ccccc4)C3)nc(-c3ccc(C(=O)Nc4cc(C(F)(F)F)ccn4)cc3)c12. The van der Waals surface area contributed by atoms with E-state index in [1.54, 1.807) is 66.0 Å². The predicted octanol–water partition coefficient (Wildman–Crippen LogP) is 5.60. The van der Waals surface area contributed by atoms with E-state index >= 15 is 0 Å². The molecule has 1 fully saturated rings. The number of hydrogen-bond donors (Lipinski definition) is 2. The van der Waals surface area contributed by atoms with Crippen molar-refractivity contribution in [1.82, 2.24) is 24.4 Å². The first kappa shape index (κ1) is 28.8. The molecule has 0 unspecified atom stereocenters. The fourth-order valence-corrected chi connectivity index (χ4v) is 5.20. The monoisotopic (exact) mass is 601 g/mol. The van der Waals surface area contributed by atoms with Crippen LogP contribution in [0.25, 0.3) is 16.8 Å². The number of aromatic nitrogens is 4. The summed E-state index contributed by atoms with van der Waals surface area (Å²) >= 11 is 0. The zero-order valence-corrected chi connectivity index (χ0v) is 23.2. The topological polar surface area (TPSA) is 128 Å². The number of halogens is 3. The van der Waals surface area contributed by atoms with Crippen LogP contribution in [0.4, 0.5) is 24.8 Å². The third kappa shape index (κ3) is 5.95. The Labute approximate surface area is 249 Å². The van der Waals surface area contributed by atoms with Gasteiger partial charge in [-0.25, -0.2) is 19.7 Å². The molecule has 0 bridgehead atoms. The molecule has 0 spiro atoms. The number of hydrogen-bond acceptors (Lipinski definition) is 8. The second-order valence-electron chi connectivity index (χ2n) is 10.3. The van der Waals surface area contributed by atoms with E-state index in [4.69, 9.17) is 15.6 Å². The first-order valence-corrected chi connectivity index (χ1v) is 13.8. The first-order chi connectivity index (χ1) is 21.2. The highest BCUT2D eigenvalue weighted by Gasteiger charge is 2.31. The molecule has 1 saturated heterocycles. The van der Waals surface area contributed by atoms with E-state index in [0.29, 0.717) is 35.4 Å². The van der Waals surface area contributed by atoms with Crippen LogP contribution in [-0.4, -0.2) is 49.4 Å². The van der Waals surface area contributed by atoms with E-state index in [-0.39, 0.29) is 23.1 Å². The van der Waals surface area contributed by atoms with Crippen LogP contribution in [0.2, 0.25) is 0 Å². The molecule has 6 rings (SSSR count). The summed E-state index contributed by atoms with van der Waals surface area (Å²) in [6, 6.07) is 16.8. The quantitative estimate of drug-likeness (QED) is 0.258. The number of nitrogen functional groups attached to an aromatic ring is 1. The number of benzene rings is 2. The number of nitrogens with one attached hydrogen (secondary N) is 1. The molecule has 5 aromatic rings. The Bertz CT molecular complexity index is 1830. The second kappa shape index (κ2) is 11.8. The van der Waals surface area contributed by atoms with Crippen LogP contribution < -0.4 is 11.1 Å². The second-order valence-corrected chi connectivity index (χ2v) is 10.3. The number of hydroxylamine groups is 2. The van der Waals surface area contributed by atoms with Crippen LogP contribution >= 0.6 is 0 Å². The van der Waals surface area contributed by atoms with Crippen LogP contribution in [0, 0.1) is 0 Å². The molecule has 224 valence electrons. The largest absolute Gasteiger partial charge is 0.416 e. The Balaban J connectivity index is 1.23. The number of alkyl halides is 3. The van der Waals surface area contributed by atoms with Crippen molar-refractivity contribution in [3.05, 3.63) is 108 Å². The third-order valence-electron chi connectivity index (χ3n) is 7.33. The summed E-state index contributed by atoms with van der Waals surface area (Å²) in [6.07, 6.45) is 1.37. The van der Waals surface area contributed by atoms with Crippen LogP contribution in [-0.2, 0) is 11.0 Å². The third-order valence-corrected chi connectivity index (χ3v) is 7.33. The number of pyridine rings is 1. The highest BCUT2D eigenvalue weighted by molar-refractivity contribution is 6.04. The molecule has 2 aromatic carbocycles. The maximum Gasteiger partial charge on any atom is 0.416 e. The zero-order valence-electron chi connectivity index (χ0n) is 23.2. The average molecular weight is 602 g/mol. The molecule has 13 heteroatoms. The number of anilines is 2. The number of nitrogens with zero attached hydrogens (tertiary/aromatic N) is 5. The minimum Gasteiger partial charge on any atom is -0.382 e. The van der Waals surface area contributed by atoms with Crippen molar-refractivity contribution >= 4 is 29.0 Å². The maximum atomic E-state index is 13.0. The molecule has 10 nitrogen and oxygen atoms in total. The molecule has 1 aliphatic rings. The van der Waals surface area contributed by atoms with Crippen molar-refractivity contribution in [2.45, 2.75) is 24.9 Å². The molecule has 0 saturated carbocycles. The van der Waals surface area contributed by atoms with E-state index in [2.05, 4.69) is 15.3 Å². The van der Waals surface area contributed by atoms with Gasteiger partial charge in [-0.2, -0.15) is 13.2 Å². The summed E-state index contributed by atoms with van der Waals surface area (Å²) in [5.41, 5.74) is 7.86. The summed E-state index contributed by atoms with van der Waals surface area (Å²) < 4.78 is 41.0. The summed E-state index contributed by atoms with van der Waals surface area (Å²) in [7, 11) is 0. The number of imidazole rings is 1. The number of piperidine rings is 1. The van der Waals surface area contributed by atoms with E-state index in [1.807, 2.05) is 10.5 Å². The van der Waals surface area contributed by atoms with Crippen molar-refractivity contribution in [1.29, 1.82) is 0 Å². The Morgan fingerprint density at radius 1 is 0.977 bits per heavy atom. The number of carbonyl (C=O) groups excluding carboxylic acids is 2. The molecule has 4 heterocycles. The van der Waals surface area contributed by atoms with Crippen LogP contribution in [0.5, 0.6) is 0 Å². The standard InChI is InChI=1S/C31H26F3N7O3/c32-31(33,34)23-12-13-36-24(17-23)38-29(42)20-10-8-19(9-11-20)25-26-27(35)37-14-16-41(26)28(39-25)22-7-4-15-40(18-22)44-30(43)21-5-2-1-3-6-21/h1-3,5-6,8-14,16-17,22H,4,7,15,18H2,(H2,35,37)(H,36,38,42)/t22-/m1/s1. The fraction of sp³-hybridized carbons (Fsp3) is 0.194. The molecule has 0 radical (unpaired) electrons. The number of fused-ring (bicyclic) bond motifs is 1. The number of carbonyl (C=O) groups is 2. The van der Waals surface area contributed by atoms with Gasteiger partial charge in [-0.3, -0.25) is 9.20 Å². The summed E-state index contributed by atoms with van der Waals surface area (Å²) in [5, 5.41) is 4.06. The first-order valence-electron chi connectivity index (χ1n) is 13.8. The molecule has 3 aromatic heterocycles. The number of rotatable bonds is 6. The lowest BCUT2D eigenvalue weighted by atomic mass is 9.98. The van der Waals surface area contributed by atoms with Gasteiger partial charge in [0.25, 0.3) is 5.91 Å². The van der Waals surface area contributed by atoms with Gasteiger partial charge in [0.15, 0.2) is 0 Å². The summed E-state index contributed by atoms with van der Waals surface area (Å²) in [4.78, 5) is 44.1. The molecule has 44 heavy (non-hydrogen) atoms. The van der Waals surface area contributed by atoms with Gasteiger partial charge >= 0.3 is 12.1 Å². The minimum absolute atomic E-state index is 0.0830. The summed E-state index contributed by atoms with van der Waals surface area (Å²) in [5.74, 6) is -0.355. The Hall–Kier alpha value is -5.30. The molecular formula is C31H26F3N7O3. The Kier molecular flexibility index (Phi) is 7.70. The number of nitrogens with two attached hydrogens (primary N) is 1. The maximum absolute atomic E-state index is 13.0. The molecule has 1 amide bonds. The van der Waals surface area contributed by atoms with E-state index < -0.39 is 23.6 Å². The van der Waals surface area contributed by atoms with Gasteiger partial charge in [-0.15, -0.1) is 5.06 Å². The summed E-state index contributed by atoms with van der Waals surface area (Å²) in [6.45, 7) is 1.02. The van der Waals surface area contributed by atoms with E-state index in [1.165, 1.54) is 0 Å². The lowest BCUT2D eigenvalue weighted by Crippen LogP contribution is -2.36. The van der Waals surface area contributed by atoms with Crippen molar-refractivity contribution in [2.75, 3.05) is 24.1 Å². The van der Waals surface area contributed by atoms with Gasteiger partial charge in [0.05, 0.1) is 11.1 Å². The van der Waals surface area contributed by atoms with Crippen molar-refractivity contribution in [3.8, 4) is 11.3 Å². The smallest absolute Gasteiger partial charge is 0.382 e. The van der Waals surface area contributed by atoms with Gasteiger partial charge < -0.3 is 15.9 Å². The molecular weight excluding hydrogens is 575 g/mol. The highest BCUT2D eigenvalue weighted by Crippen LogP contribution is 2.34. The number of amides is 1. The minimum atomic E-state index is -4.56. The lowest BCUT2D eigenvalue weighted by Gasteiger charge is -2.30. The molecule has 0 aliphatic carbocycles. The van der Waals surface area contributed by atoms with Crippen molar-refractivity contribution < 1.29 is 27.6 Å². The van der Waals surface area contributed by atoms with Gasteiger partial charge in [0.1, 0.15) is 28.7 Å². The van der Waals surface area contributed by atoms with Crippen LogP contribution in [0.1, 0.15) is 50.9 Å². The van der Waals surface area contributed by atoms with Gasteiger partial charge in [-0.1, -0.05) is 30.3 Å². The average Bonchev–Trinajstić information content (AvgIpc) is 3.42.